The molecule has 110 valence electrons. The Morgan fingerprint density at radius 2 is 1.84 bits per heavy atom. The highest BCUT2D eigenvalue weighted by Gasteiger charge is 2.39. The minimum absolute atomic E-state index is 0.138. The van der Waals surface area contributed by atoms with E-state index in [0.717, 1.165) is 38.5 Å². The molecule has 1 heterocycles. The third-order valence-electron chi connectivity index (χ3n) is 4.33. The maximum Gasteiger partial charge on any atom is 0.238 e. The predicted molar refractivity (Wildman–Crippen MR) is 76.1 cm³/mol. The van der Waals surface area contributed by atoms with E-state index in [-0.39, 0.29) is 17.2 Å². The molecule has 1 N–H and O–H groups in total. The number of hydrogen-bond donors (Lipinski definition) is 1. The van der Waals surface area contributed by atoms with Gasteiger partial charge in [0.1, 0.15) is 5.25 Å². The number of halogens is 1. The van der Waals surface area contributed by atoms with Gasteiger partial charge < -0.3 is 5.32 Å². The van der Waals surface area contributed by atoms with Crippen LogP contribution >= 0.6 is 11.6 Å². The van der Waals surface area contributed by atoms with Gasteiger partial charge in [-0.25, -0.2) is 8.42 Å². The van der Waals surface area contributed by atoms with Gasteiger partial charge in [0.2, 0.25) is 5.91 Å². The molecule has 0 spiro atoms. The van der Waals surface area contributed by atoms with E-state index in [0.29, 0.717) is 18.7 Å². The monoisotopic (exact) mass is 307 g/mol. The van der Waals surface area contributed by atoms with Crippen molar-refractivity contribution >= 4 is 27.3 Å². The third kappa shape index (κ3) is 3.43. The van der Waals surface area contributed by atoms with Gasteiger partial charge in [-0.15, -0.1) is 11.6 Å². The molecule has 1 saturated heterocycles. The van der Waals surface area contributed by atoms with E-state index in [4.69, 9.17) is 11.6 Å². The van der Waals surface area contributed by atoms with Gasteiger partial charge in [-0.2, -0.15) is 0 Å². The molecule has 1 saturated carbocycles. The highest BCUT2D eigenvalue weighted by Crippen LogP contribution is 2.30. The first kappa shape index (κ1) is 15.1. The third-order valence-corrected chi connectivity index (χ3v) is 7.01. The Kier molecular flexibility index (Phi) is 4.77. The largest absolute Gasteiger partial charge is 0.348 e. The molecule has 1 atom stereocenters. The van der Waals surface area contributed by atoms with E-state index in [1.54, 1.807) is 0 Å². The Bertz CT molecular complexity index is 429. The van der Waals surface area contributed by atoms with Crippen molar-refractivity contribution < 1.29 is 13.2 Å². The SMILES string of the molecule is O=C(NC1(CCl)CCCCC1)C1CCCCS1(=O)=O. The van der Waals surface area contributed by atoms with Crippen LogP contribution in [0.5, 0.6) is 0 Å². The summed E-state index contributed by atoms with van der Waals surface area (Å²) in [5.41, 5.74) is -0.385. The Morgan fingerprint density at radius 1 is 1.16 bits per heavy atom. The molecule has 6 heteroatoms. The van der Waals surface area contributed by atoms with E-state index >= 15 is 0 Å². The molecule has 1 amide bonds. The second-order valence-corrected chi connectivity index (χ2v) is 8.39. The van der Waals surface area contributed by atoms with Crippen LogP contribution in [-0.4, -0.2) is 36.7 Å². The lowest BCUT2D eigenvalue weighted by atomic mass is 9.83. The maximum absolute atomic E-state index is 12.3. The number of carbonyl (C=O) groups is 1. The van der Waals surface area contributed by atoms with Crippen LogP contribution in [0.2, 0.25) is 0 Å². The standard InChI is InChI=1S/C13H22ClNO3S/c14-10-13(7-3-1-4-8-13)15-12(16)11-6-2-5-9-19(11,17)18/h11H,1-10H2,(H,15,16). The van der Waals surface area contributed by atoms with Gasteiger partial charge in [0, 0.05) is 5.88 Å². The van der Waals surface area contributed by atoms with Crippen molar-refractivity contribution in [2.75, 3.05) is 11.6 Å². The summed E-state index contributed by atoms with van der Waals surface area (Å²) in [5, 5.41) is 2.10. The molecular formula is C13H22ClNO3S. The van der Waals surface area contributed by atoms with Gasteiger partial charge in [-0.3, -0.25) is 4.79 Å². The molecule has 1 aliphatic heterocycles. The van der Waals surface area contributed by atoms with Crippen molar-refractivity contribution in [3.8, 4) is 0 Å². The highest BCUT2D eigenvalue weighted by molar-refractivity contribution is 7.92. The first-order chi connectivity index (χ1) is 8.99. The fraction of sp³-hybridized carbons (Fsp3) is 0.923. The van der Waals surface area contributed by atoms with Gasteiger partial charge >= 0.3 is 0 Å². The van der Waals surface area contributed by atoms with Crippen LogP contribution in [0.25, 0.3) is 0 Å². The normalized spacial score (nSPS) is 29.6. The number of carbonyl (C=O) groups excluding carboxylic acids is 1. The molecule has 0 aromatic carbocycles. The Hall–Kier alpha value is -0.290. The molecule has 0 radical (unpaired) electrons. The Balaban J connectivity index is 2.07. The number of amides is 1. The van der Waals surface area contributed by atoms with Crippen LogP contribution in [-0.2, 0) is 14.6 Å². The van der Waals surface area contributed by atoms with Crippen LogP contribution in [0.3, 0.4) is 0 Å². The molecular weight excluding hydrogens is 286 g/mol. The fourth-order valence-electron chi connectivity index (χ4n) is 3.11. The topological polar surface area (TPSA) is 63.2 Å². The first-order valence-corrected chi connectivity index (χ1v) is 9.34. The molecule has 1 unspecified atom stereocenters. The Labute approximate surface area is 120 Å². The summed E-state index contributed by atoms with van der Waals surface area (Å²) >= 11 is 6.03. The zero-order chi connectivity index (χ0) is 13.9. The molecule has 2 fully saturated rings. The van der Waals surface area contributed by atoms with Crippen molar-refractivity contribution in [2.45, 2.75) is 62.2 Å². The molecule has 2 aliphatic rings. The second kappa shape index (κ2) is 6.00. The van der Waals surface area contributed by atoms with Crippen molar-refractivity contribution in [3.05, 3.63) is 0 Å². The summed E-state index contributed by atoms with van der Waals surface area (Å²) in [7, 11) is -3.26. The molecule has 19 heavy (non-hydrogen) atoms. The zero-order valence-corrected chi connectivity index (χ0v) is 12.7. The minimum Gasteiger partial charge on any atom is -0.348 e. The Morgan fingerprint density at radius 3 is 2.42 bits per heavy atom. The molecule has 0 aromatic rings. The summed E-state index contributed by atoms with van der Waals surface area (Å²) in [6.45, 7) is 0. The van der Waals surface area contributed by atoms with Crippen molar-refractivity contribution in [1.82, 2.24) is 5.32 Å². The summed E-state index contributed by atoms with van der Waals surface area (Å²) in [6, 6.07) is 0. The predicted octanol–water partition coefficient (Wildman–Crippen LogP) is 2.01. The fourth-order valence-corrected chi connectivity index (χ4v) is 5.25. The van der Waals surface area contributed by atoms with Gasteiger partial charge in [-0.1, -0.05) is 25.7 Å². The lowest BCUT2D eigenvalue weighted by Crippen LogP contribution is -2.56. The summed E-state index contributed by atoms with van der Waals surface area (Å²) in [6.07, 6.45) is 6.90. The van der Waals surface area contributed by atoms with Crippen LogP contribution in [0.15, 0.2) is 0 Å². The number of hydrogen-bond acceptors (Lipinski definition) is 3. The number of sulfone groups is 1. The molecule has 0 aromatic heterocycles. The first-order valence-electron chi connectivity index (χ1n) is 7.09. The summed E-state index contributed by atoms with van der Waals surface area (Å²) in [5.74, 6) is 0.173. The second-order valence-electron chi connectivity index (χ2n) is 5.82. The molecule has 4 nitrogen and oxygen atoms in total. The van der Waals surface area contributed by atoms with Crippen molar-refractivity contribution in [1.29, 1.82) is 0 Å². The van der Waals surface area contributed by atoms with Gasteiger partial charge in [0.05, 0.1) is 11.3 Å². The maximum atomic E-state index is 12.3. The zero-order valence-electron chi connectivity index (χ0n) is 11.2. The van der Waals surface area contributed by atoms with E-state index in [2.05, 4.69) is 5.32 Å². The highest BCUT2D eigenvalue weighted by atomic mass is 35.5. The lowest BCUT2D eigenvalue weighted by Gasteiger charge is -2.37. The average Bonchev–Trinajstić information content (AvgIpc) is 2.39. The molecule has 1 aliphatic carbocycles. The van der Waals surface area contributed by atoms with Crippen LogP contribution in [0.1, 0.15) is 51.4 Å². The number of alkyl halides is 1. The van der Waals surface area contributed by atoms with E-state index in [9.17, 15) is 13.2 Å². The van der Waals surface area contributed by atoms with Gasteiger partial charge in [0.15, 0.2) is 9.84 Å². The average molecular weight is 308 g/mol. The van der Waals surface area contributed by atoms with Crippen molar-refractivity contribution in [3.63, 3.8) is 0 Å². The quantitative estimate of drug-likeness (QED) is 0.811. The van der Waals surface area contributed by atoms with E-state index in [1.807, 2.05) is 0 Å². The van der Waals surface area contributed by atoms with Crippen molar-refractivity contribution in [2.24, 2.45) is 0 Å². The molecule has 0 bridgehead atoms. The van der Waals surface area contributed by atoms with Crippen LogP contribution in [0.4, 0.5) is 0 Å². The van der Waals surface area contributed by atoms with E-state index < -0.39 is 15.1 Å². The smallest absolute Gasteiger partial charge is 0.238 e. The summed E-state index contributed by atoms with van der Waals surface area (Å²) in [4.78, 5) is 12.3. The number of nitrogens with one attached hydrogen (secondary N) is 1. The number of rotatable bonds is 3. The van der Waals surface area contributed by atoms with E-state index in [1.165, 1.54) is 0 Å². The minimum atomic E-state index is -3.26. The lowest BCUT2D eigenvalue weighted by molar-refractivity contribution is -0.123. The molecule has 2 rings (SSSR count). The van der Waals surface area contributed by atoms with Gasteiger partial charge in [0.25, 0.3) is 0 Å². The summed E-state index contributed by atoms with van der Waals surface area (Å²) < 4.78 is 23.9. The van der Waals surface area contributed by atoms with Crippen LogP contribution < -0.4 is 5.32 Å². The van der Waals surface area contributed by atoms with Crippen LogP contribution in [0, 0.1) is 0 Å². The van der Waals surface area contributed by atoms with Gasteiger partial charge in [-0.05, 0) is 25.7 Å².